The monoisotopic (exact) mass is 376 g/mol. The van der Waals surface area contributed by atoms with Crippen molar-refractivity contribution in [2.45, 2.75) is 19.4 Å². The summed E-state index contributed by atoms with van der Waals surface area (Å²) in [6.07, 6.45) is 3.12. The molecule has 142 valence electrons. The zero-order valence-electron chi connectivity index (χ0n) is 15.2. The summed E-state index contributed by atoms with van der Waals surface area (Å²) in [4.78, 5) is 29.8. The number of carbonyl (C=O) groups is 2. The lowest BCUT2D eigenvalue weighted by Gasteiger charge is -2.16. The van der Waals surface area contributed by atoms with Gasteiger partial charge in [0.1, 0.15) is 0 Å². The maximum Gasteiger partial charge on any atom is 0.319 e. The number of amides is 3. The third-order valence-corrected chi connectivity index (χ3v) is 4.52. The first-order valence-electron chi connectivity index (χ1n) is 9.14. The Balaban J connectivity index is 1.30. The first kappa shape index (κ1) is 17.8. The predicted molar refractivity (Wildman–Crippen MR) is 106 cm³/mol. The van der Waals surface area contributed by atoms with Gasteiger partial charge in [0.15, 0.2) is 5.76 Å². The van der Waals surface area contributed by atoms with Gasteiger partial charge in [-0.3, -0.25) is 4.79 Å². The van der Waals surface area contributed by atoms with Gasteiger partial charge in [-0.15, -0.1) is 0 Å². The minimum Gasteiger partial charge on any atom is -0.439 e. The number of rotatable bonds is 5. The molecule has 1 aliphatic rings. The first-order valence-corrected chi connectivity index (χ1v) is 9.14. The van der Waals surface area contributed by atoms with Gasteiger partial charge in [0.05, 0.1) is 12.7 Å². The molecule has 1 saturated heterocycles. The fourth-order valence-corrected chi connectivity index (χ4v) is 3.10. The molecule has 0 unspecified atom stereocenters. The van der Waals surface area contributed by atoms with Crippen LogP contribution in [0.2, 0.25) is 0 Å². The molecule has 0 atom stereocenters. The van der Waals surface area contributed by atoms with Crippen molar-refractivity contribution >= 4 is 23.3 Å². The maximum absolute atomic E-state index is 12.1. The van der Waals surface area contributed by atoms with Gasteiger partial charge in [0, 0.05) is 29.9 Å². The van der Waals surface area contributed by atoms with E-state index in [0.717, 1.165) is 24.2 Å². The second-order valence-electron chi connectivity index (χ2n) is 6.49. The molecular formula is C21H20N4O3. The molecule has 3 amide bonds. The molecule has 0 radical (unpaired) electrons. The summed E-state index contributed by atoms with van der Waals surface area (Å²) in [6.45, 7) is 0.923. The summed E-state index contributed by atoms with van der Waals surface area (Å²) in [5.74, 6) is 1.22. The number of nitrogens with one attached hydrogen (secondary N) is 2. The van der Waals surface area contributed by atoms with E-state index in [1.807, 2.05) is 42.5 Å². The molecule has 0 saturated carbocycles. The number of hydrogen-bond acceptors (Lipinski definition) is 4. The molecule has 2 aromatic carbocycles. The number of anilines is 2. The highest BCUT2D eigenvalue weighted by atomic mass is 16.4. The summed E-state index contributed by atoms with van der Waals surface area (Å²) < 4.78 is 5.66. The summed E-state index contributed by atoms with van der Waals surface area (Å²) in [6, 6.07) is 16.5. The molecule has 1 fully saturated rings. The standard InChI is InChI=1S/C21H20N4O3/c26-20-7-4-12-25(20)17-10-8-16(9-11-17)24-21(27)23-14-19-22-13-18(28-19)15-5-2-1-3-6-15/h1-3,5-6,8-11,13H,4,7,12,14H2,(H2,23,24,27). The zero-order chi connectivity index (χ0) is 19.3. The summed E-state index contributed by atoms with van der Waals surface area (Å²) in [5.41, 5.74) is 2.43. The number of nitrogens with zero attached hydrogens (tertiary/aromatic N) is 2. The Morgan fingerprint density at radius 2 is 1.89 bits per heavy atom. The average molecular weight is 376 g/mol. The van der Waals surface area contributed by atoms with Crippen LogP contribution in [0.1, 0.15) is 18.7 Å². The average Bonchev–Trinajstić information content (AvgIpc) is 3.37. The van der Waals surface area contributed by atoms with Crippen molar-refractivity contribution in [2.75, 3.05) is 16.8 Å². The lowest BCUT2D eigenvalue weighted by atomic mass is 10.2. The van der Waals surface area contributed by atoms with Crippen molar-refractivity contribution in [3.8, 4) is 11.3 Å². The number of benzene rings is 2. The zero-order valence-corrected chi connectivity index (χ0v) is 15.2. The van der Waals surface area contributed by atoms with Gasteiger partial charge in [0.25, 0.3) is 0 Å². The van der Waals surface area contributed by atoms with E-state index in [4.69, 9.17) is 4.42 Å². The highest BCUT2D eigenvalue weighted by Gasteiger charge is 2.21. The molecule has 2 N–H and O–H groups in total. The van der Waals surface area contributed by atoms with E-state index in [1.165, 1.54) is 0 Å². The fraction of sp³-hybridized carbons (Fsp3) is 0.190. The predicted octanol–water partition coefficient (Wildman–Crippen LogP) is 3.79. The van der Waals surface area contributed by atoms with Crippen LogP contribution in [0, 0.1) is 0 Å². The normalized spacial score (nSPS) is 13.6. The number of carbonyl (C=O) groups excluding carboxylic acids is 2. The molecule has 2 heterocycles. The minimum absolute atomic E-state index is 0.138. The number of aromatic nitrogens is 1. The topological polar surface area (TPSA) is 87.5 Å². The lowest BCUT2D eigenvalue weighted by molar-refractivity contribution is -0.117. The summed E-state index contributed by atoms with van der Waals surface area (Å²) in [7, 11) is 0. The molecule has 3 aromatic rings. The van der Waals surface area contributed by atoms with Gasteiger partial charge in [0.2, 0.25) is 11.8 Å². The minimum atomic E-state index is -0.357. The third-order valence-electron chi connectivity index (χ3n) is 4.52. The Morgan fingerprint density at radius 3 is 2.61 bits per heavy atom. The van der Waals surface area contributed by atoms with Gasteiger partial charge in [-0.1, -0.05) is 30.3 Å². The van der Waals surface area contributed by atoms with Gasteiger partial charge < -0.3 is 20.0 Å². The molecule has 1 aromatic heterocycles. The number of urea groups is 1. The quantitative estimate of drug-likeness (QED) is 0.709. The van der Waals surface area contributed by atoms with Crippen molar-refractivity contribution in [1.82, 2.24) is 10.3 Å². The van der Waals surface area contributed by atoms with Crippen LogP contribution < -0.4 is 15.5 Å². The third kappa shape index (κ3) is 4.03. The van der Waals surface area contributed by atoms with Crippen molar-refractivity contribution in [1.29, 1.82) is 0 Å². The van der Waals surface area contributed by atoms with E-state index in [2.05, 4.69) is 15.6 Å². The molecule has 1 aliphatic heterocycles. The summed E-state index contributed by atoms with van der Waals surface area (Å²) in [5, 5.41) is 5.47. The van der Waals surface area contributed by atoms with E-state index in [9.17, 15) is 9.59 Å². The Morgan fingerprint density at radius 1 is 1.11 bits per heavy atom. The molecule has 4 rings (SSSR count). The van der Waals surface area contributed by atoms with Crippen molar-refractivity contribution in [2.24, 2.45) is 0 Å². The smallest absolute Gasteiger partial charge is 0.319 e. The number of oxazole rings is 1. The highest BCUT2D eigenvalue weighted by molar-refractivity contribution is 5.96. The molecule has 7 nitrogen and oxygen atoms in total. The molecule has 0 bridgehead atoms. The molecular weight excluding hydrogens is 356 g/mol. The fourth-order valence-electron chi connectivity index (χ4n) is 3.10. The molecule has 28 heavy (non-hydrogen) atoms. The van der Waals surface area contributed by atoms with Gasteiger partial charge in [-0.25, -0.2) is 9.78 Å². The number of hydrogen-bond donors (Lipinski definition) is 2. The Kier molecular flexibility index (Phi) is 5.05. The Bertz CT molecular complexity index is 967. The van der Waals surface area contributed by atoms with Crippen LogP contribution in [0.25, 0.3) is 11.3 Å². The van der Waals surface area contributed by atoms with Crippen molar-refractivity contribution in [3.05, 3.63) is 66.7 Å². The van der Waals surface area contributed by atoms with Crippen LogP contribution in [0.4, 0.5) is 16.2 Å². The maximum atomic E-state index is 12.1. The Hall–Kier alpha value is -3.61. The molecule has 7 heteroatoms. The van der Waals surface area contributed by atoms with Crippen LogP contribution in [0.5, 0.6) is 0 Å². The molecule has 0 spiro atoms. The van der Waals surface area contributed by atoms with Gasteiger partial charge in [-0.05, 0) is 30.7 Å². The van der Waals surface area contributed by atoms with Crippen LogP contribution in [0.15, 0.2) is 65.2 Å². The highest BCUT2D eigenvalue weighted by Crippen LogP contribution is 2.23. The Labute approximate surface area is 162 Å². The van der Waals surface area contributed by atoms with E-state index < -0.39 is 0 Å². The lowest BCUT2D eigenvalue weighted by Crippen LogP contribution is -2.28. The first-order chi connectivity index (χ1) is 13.7. The van der Waals surface area contributed by atoms with Crippen LogP contribution in [0.3, 0.4) is 0 Å². The van der Waals surface area contributed by atoms with E-state index in [-0.39, 0.29) is 18.5 Å². The van der Waals surface area contributed by atoms with Crippen LogP contribution in [-0.2, 0) is 11.3 Å². The summed E-state index contributed by atoms with van der Waals surface area (Å²) >= 11 is 0. The van der Waals surface area contributed by atoms with Crippen molar-refractivity contribution in [3.63, 3.8) is 0 Å². The van der Waals surface area contributed by atoms with Gasteiger partial charge >= 0.3 is 6.03 Å². The van der Waals surface area contributed by atoms with Gasteiger partial charge in [-0.2, -0.15) is 0 Å². The van der Waals surface area contributed by atoms with Crippen LogP contribution in [-0.4, -0.2) is 23.5 Å². The second-order valence-corrected chi connectivity index (χ2v) is 6.49. The van der Waals surface area contributed by atoms with Crippen LogP contribution >= 0.6 is 0 Å². The largest absolute Gasteiger partial charge is 0.439 e. The molecule has 0 aliphatic carbocycles. The van der Waals surface area contributed by atoms with E-state index in [0.29, 0.717) is 23.8 Å². The second kappa shape index (κ2) is 7.96. The van der Waals surface area contributed by atoms with E-state index >= 15 is 0 Å². The SMILES string of the molecule is O=C(NCc1ncc(-c2ccccc2)o1)Nc1ccc(N2CCCC2=O)cc1. The van der Waals surface area contributed by atoms with E-state index in [1.54, 1.807) is 23.2 Å². The van der Waals surface area contributed by atoms with Crippen molar-refractivity contribution < 1.29 is 14.0 Å².